The molecule has 2 aromatic heterocycles. The van der Waals surface area contributed by atoms with E-state index in [0.29, 0.717) is 6.54 Å². The van der Waals surface area contributed by atoms with Crippen molar-refractivity contribution in [1.82, 2.24) is 14.9 Å². The molecule has 0 radical (unpaired) electrons. The monoisotopic (exact) mass is 323 g/mol. The van der Waals surface area contributed by atoms with Crippen LogP contribution >= 0.6 is 0 Å². The molecular weight excluding hydrogens is 305 g/mol. The van der Waals surface area contributed by atoms with Gasteiger partial charge in [-0.05, 0) is 35.4 Å². The first-order chi connectivity index (χ1) is 11.7. The number of aromatic nitrogens is 2. The Hall–Kier alpha value is -2.37. The van der Waals surface area contributed by atoms with Gasteiger partial charge in [-0.1, -0.05) is 12.1 Å². The van der Waals surface area contributed by atoms with Crippen LogP contribution in [0, 0.1) is 5.82 Å². The van der Waals surface area contributed by atoms with Gasteiger partial charge in [0.15, 0.2) is 0 Å². The Morgan fingerprint density at radius 1 is 1.21 bits per heavy atom. The van der Waals surface area contributed by atoms with Gasteiger partial charge in [-0.15, -0.1) is 0 Å². The van der Waals surface area contributed by atoms with Gasteiger partial charge >= 0.3 is 0 Å². The Morgan fingerprint density at radius 3 is 2.88 bits per heavy atom. The summed E-state index contributed by atoms with van der Waals surface area (Å²) in [5.41, 5.74) is 4.03. The summed E-state index contributed by atoms with van der Waals surface area (Å²) in [4.78, 5) is 11.1. The molecule has 1 atom stereocenters. The Labute approximate surface area is 139 Å². The summed E-state index contributed by atoms with van der Waals surface area (Å²) in [6, 6.07) is 10.1. The topological polar surface area (TPSA) is 49.2 Å². The second kappa shape index (κ2) is 6.26. The number of aliphatic hydroxyl groups is 1. The number of rotatable bonds is 3. The van der Waals surface area contributed by atoms with Gasteiger partial charge in [0.1, 0.15) is 5.82 Å². The second-order valence-electron chi connectivity index (χ2n) is 6.22. The van der Waals surface area contributed by atoms with Gasteiger partial charge in [-0.2, -0.15) is 0 Å². The molecule has 1 aliphatic rings. The summed E-state index contributed by atoms with van der Waals surface area (Å²) in [6.45, 7) is 2.14. The fraction of sp³-hybridized carbons (Fsp3) is 0.263. The molecule has 3 heterocycles. The van der Waals surface area contributed by atoms with Crippen molar-refractivity contribution in [3.8, 4) is 0 Å². The third-order valence-corrected chi connectivity index (χ3v) is 4.53. The number of β-amino-alcohol motifs (C(OH)–C–C–N with tert-alkyl or cyclic N) is 1. The van der Waals surface area contributed by atoms with Crippen molar-refractivity contribution in [2.24, 2.45) is 0 Å². The summed E-state index contributed by atoms with van der Waals surface area (Å²) < 4.78 is 13.0. The molecule has 0 bridgehead atoms. The number of fused-ring (bicyclic) bond motifs is 2. The van der Waals surface area contributed by atoms with Crippen molar-refractivity contribution >= 4 is 10.9 Å². The Kier molecular flexibility index (Phi) is 3.96. The highest BCUT2D eigenvalue weighted by atomic mass is 19.1. The molecule has 4 rings (SSSR count). The van der Waals surface area contributed by atoms with E-state index in [2.05, 4.69) is 16.0 Å². The zero-order valence-electron chi connectivity index (χ0n) is 13.2. The number of hydrogen-bond donors (Lipinski definition) is 1. The van der Waals surface area contributed by atoms with Gasteiger partial charge in [0.25, 0.3) is 0 Å². The standard InChI is InChI=1S/C19H18FN3O/c20-16-3-1-13(2-4-16)19(24)12-23-8-6-18-15(11-23)9-14-10-21-7-5-17(14)22-18/h1-5,7,9-10,19,24H,6,8,11-12H2. The molecule has 5 heteroatoms. The first-order valence-corrected chi connectivity index (χ1v) is 8.07. The Morgan fingerprint density at radius 2 is 2.04 bits per heavy atom. The summed E-state index contributed by atoms with van der Waals surface area (Å²) in [6.07, 6.45) is 3.83. The molecule has 1 aliphatic heterocycles. The van der Waals surface area contributed by atoms with E-state index >= 15 is 0 Å². The third-order valence-electron chi connectivity index (χ3n) is 4.53. The van der Waals surface area contributed by atoms with Crippen LogP contribution < -0.4 is 0 Å². The smallest absolute Gasteiger partial charge is 0.123 e. The maximum absolute atomic E-state index is 13.0. The van der Waals surface area contributed by atoms with Crippen LogP contribution in [0.5, 0.6) is 0 Å². The molecule has 1 N–H and O–H groups in total. The molecule has 122 valence electrons. The molecule has 1 unspecified atom stereocenters. The van der Waals surface area contributed by atoms with Crippen molar-refractivity contribution in [3.63, 3.8) is 0 Å². The van der Waals surface area contributed by atoms with E-state index in [0.717, 1.165) is 41.7 Å². The quantitative estimate of drug-likeness (QED) is 0.805. The van der Waals surface area contributed by atoms with Crippen molar-refractivity contribution in [1.29, 1.82) is 0 Å². The van der Waals surface area contributed by atoms with Crippen LogP contribution in [0.3, 0.4) is 0 Å². The van der Waals surface area contributed by atoms with E-state index in [1.807, 2.05) is 12.3 Å². The maximum atomic E-state index is 13.0. The minimum atomic E-state index is -0.623. The second-order valence-corrected chi connectivity index (χ2v) is 6.22. The van der Waals surface area contributed by atoms with Crippen LogP contribution in [0.2, 0.25) is 0 Å². The summed E-state index contributed by atoms with van der Waals surface area (Å²) in [5, 5.41) is 11.4. The number of aliphatic hydroxyl groups excluding tert-OH is 1. The maximum Gasteiger partial charge on any atom is 0.123 e. The summed E-state index contributed by atoms with van der Waals surface area (Å²) in [5.74, 6) is -0.288. The summed E-state index contributed by atoms with van der Waals surface area (Å²) >= 11 is 0. The van der Waals surface area contributed by atoms with Crippen LogP contribution in [-0.4, -0.2) is 33.1 Å². The van der Waals surface area contributed by atoms with E-state index in [4.69, 9.17) is 4.98 Å². The number of benzene rings is 1. The first-order valence-electron chi connectivity index (χ1n) is 8.07. The molecule has 0 aliphatic carbocycles. The lowest BCUT2D eigenvalue weighted by Crippen LogP contribution is -2.34. The van der Waals surface area contributed by atoms with E-state index < -0.39 is 6.10 Å². The molecule has 24 heavy (non-hydrogen) atoms. The number of pyridine rings is 2. The highest BCUT2D eigenvalue weighted by Crippen LogP contribution is 2.24. The molecule has 0 saturated heterocycles. The van der Waals surface area contributed by atoms with Crippen molar-refractivity contribution < 1.29 is 9.50 Å². The van der Waals surface area contributed by atoms with Gasteiger partial charge in [-0.3, -0.25) is 14.9 Å². The largest absolute Gasteiger partial charge is 0.387 e. The third kappa shape index (κ3) is 3.00. The molecule has 0 amide bonds. The van der Waals surface area contributed by atoms with Crippen molar-refractivity contribution in [3.05, 3.63) is 71.4 Å². The van der Waals surface area contributed by atoms with E-state index in [9.17, 15) is 9.50 Å². The average Bonchev–Trinajstić information content (AvgIpc) is 2.60. The van der Waals surface area contributed by atoms with E-state index in [1.165, 1.54) is 17.7 Å². The fourth-order valence-corrected chi connectivity index (χ4v) is 3.23. The lowest BCUT2D eigenvalue weighted by Gasteiger charge is -2.30. The van der Waals surface area contributed by atoms with Gasteiger partial charge in [0.2, 0.25) is 0 Å². The minimum absolute atomic E-state index is 0.288. The molecule has 3 aromatic rings. The predicted octanol–water partition coefficient (Wildman–Crippen LogP) is 2.86. The first kappa shape index (κ1) is 15.2. The number of hydrogen-bond acceptors (Lipinski definition) is 4. The zero-order valence-corrected chi connectivity index (χ0v) is 13.2. The SMILES string of the molecule is OC(CN1CCc2nc3ccncc3cc2C1)c1ccc(F)cc1. The molecule has 0 saturated carbocycles. The number of halogens is 1. The molecule has 0 fully saturated rings. The fourth-order valence-electron chi connectivity index (χ4n) is 3.23. The van der Waals surface area contributed by atoms with Crippen molar-refractivity contribution in [2.45, 2.75) is 19.1 Å². The highest BCUT2D eigenvalue weighted by molar-refractivity contribution is 5.78. The summed E-state index contributed by atoms with van der Waals surface area (Å²) in [7, 11) is 0. The average molecular weight is 323 g/mol. The highest BCUT2D eigenvalue weighted by Gasteiger charge is 2.21. The molecular formula is C19H18FN3O. The Bertz CT molecular complexity index is 866. The molecule has 0 spiro atoms. The van der Waals surface area contributed by atoms with Gasteiger partial charge in [-0.25, -0.2) is 4.39 Å². The van der Waals surface area contributed by atoms with Crippen LogP contribution in [0.1, 0.15) is 22.9 Å². The Balaban J connectivity index is 1.51. The lowest BCUT2D eigenvalue weighted by atomic mass is 10.0. The predicted molar refractivity (Wildman–Crippen MR) is 89.9 cm³/mol. The van der Waals surface area contributed by atoms with Gasteiger partial charge < -0.3 is 5.11 Å². The van der Waals surface area contributed by atoms with Crippen LogP contribution in [0.15, 0.2) is 48.8 Å². The van der Waals surface area contributed by atoms with E-state index in [1.54, 1.807) is 18.3 Å². The van der Waals surface area contributed by atoms with E-state index in [-0.39, 0.29) is 5.82 Å². The van der Waals surface area contributed by atoms with Gasteiger partial charge in [0.05, 0.1) is 11.6 Å². The van der Waals surface area contributed by atoms with Gasteiger partial charge in [0, 0.05) is 49.5 Å². The normalized spacial score (nSPS) is 16.1. The van der Waals surface area contributed by atoms with Crippen molar-refractivity contribution in [2.75, 3.05) is 13.1 Å². The molecule has 1 aromatic carbocycles. The minimum Gasteiger partial charge on any atom is -0.387 e. The number of nitrogens with zero attached hydrogens (tertiary/aromatic N) is 3. The van der Waals surface area contributed by atoms with Crippen LogP contribution in [0.25, 0.3) is 10.9 Å². The van der Waals surface area contributed by atoms with Crippen LogP contribution in [0.4, 0.5) is 4.39 Å². The lowest BCUT2D eigenvalue weighted by molar-refractivity contribution is 0.105. The zero-order chi connectivity index (χ0) is 16.5. The van der Waals surface area contributed by atoms with Crippen LogP contribution in [-0.2, 0) is 13.0 Å². The molecule has 4 nitrogen and oxygen atoms in total.